The van der Waals surface area contributed by atoms with E-state index in [-0.39, 0.29) is 18.4 Å². The van der Waals surface area contributed by atoms with E-state index < -0.39 is 41.8 Å². The Hall–Kier alpha value is -3.41. The molecule has 2 aromatic carbocycles. The molecule has 1 aliphatic carbocycles. The van der Waals surface area contributed by atoms with Gasteiger partial charge in [0, 0.05) is 5.56 Å². The molecule has 2 aromatic rings. The molecule has 5 nitrogen and oxygen atoms in total. The molecule has 1 atom stereocenters. The lowest BCUT2D eigenvalue weighted by atomic mass is 9.97. The van der Waals surface area contributed by atoms with E-state index in [1.807, 2.05) is 6.07 Å². The van der Waals surface area contributed by atoms with Crippen LogP contribution in [0.5, 0.6) is 0 Å². The number of nitrogens with one attached hydrogen (secondary N) is 2. The number of halogens is 4. The summed E-state index contributed by atoms with van der Waals surface area (Å²) in [5.74, 6) is -2.40. The third-order valence-electron chi connectivity index (χ3n) is 5.12. The fourth-order valence-electron chi connectivity index (χ4n) is 3.27. The summed E-state index contributed by atoms with van der Waals surface area (Å²) in [5.41, 5.74) is 0.387. The van der Waals surface area contributed by atoms with Crippen molar-refractivity contribution in [2.24, 2.45) is 0 Å². The highest BCUT2D eigenvalue weighted by atomic mass is 19.4. The van der Waals surface area contributed by atoms with Crippen LogP contribution in [-0.4, -0.2) is 23.5 Å². The Morgan fingerprint density at radius 1 is 1.16 bits per heavy atom. The highest BCUT2D eigenvalue weighted by molar-refractivity contribution is 5.94. The molecule has 3 rings (SSSR count). The van der Waals surface area contributed by atoms with Crippen molar-refractivity contribution in [1.82, 2.24) is 10.6 Å². The summed E-state index contributed by atoms with van der Waals surface area (Å²) >= 11 is 0. The second kappa shape index (κ2) is 8.38. The lowest BCUT2D eigenvalue weighted by Gasteiger charge is -2.21. The second-order valence-corrected chi connectivity index (χ2v) is 7.51. The molecule has 1 saturated carbocycles. The number of rotatable bonds is 6. The molecular weight excluding hydrogens is 414 g/mol. The summed E-state index contributed by atoms with van der Waals surface area (Å²) < 4.78 is 50.9. The Morgan fingerprint density at radius 3 is 2.35 bits per heavy atom. The zero-order valence-electron chi connectivity index (χ0n) is 16.5. The Balaban J connectivity index is 1.67. The van der Waals surface area contributed by atoms with Gasteiger partial charge in [-0.15, -0.1) is 0 Å². The molecule has 0 heterocycles. The molecule has 2 amide bonds. The van der Waals surface area contributed by atoms with E-state index in [1.54, 1.807) is 37.3 Å². The molecular formula is C22H19F4N3O2. The molecule has 2 N–H and O–H groups in total. The number of hydrogen-bond acceptors (Lipinski definition) is 3. The molecule has 0 unspecified atom stereocenters. The van der Waals surface area contributed by atoms with Gasteiger partial charge < -0.3 is 10.6 Å². The first-order valence-electron chi connectivity index (χ1n) is 9.52. The molecule has 9 heteroatoms. The number of nitrogens with zero attached hydrogens (tertiary/aromatic N) is 1. The maximum Gasteiger partial charge on any atom is 0.397 e. The molecule has 0 spiro atoms. The number of amides is 2. The van der Waals surface area contributed by atoms with Gasteiger partial charge in [0.25, 0.3) is 0 Å². The molecule has 0 aliphatic heterocycles. The highest BCUT2D eigenvalue weighted by Crippen LogP contribution is 2.37. The number of benzene rings is 2. The van der Waals surface area contributed by atoms with Crippen molar-refractivity contribution in [3.05, 3.63) is 59.4 Å². The third-order valence-corrected chi connectivity index (χ3v) is 5.12. The molecule has 0 radical (unpaired) electrons. The van der Waals surface area contributed by atoms with Gasteiger partial charge in [-0.2, -0.15) is 18.4 Å². The Labute approximate surface area is 176 Å². The SMILES string of the molecule is C[C@@H](NC(=O)C1(NC(=O)CC(F)(F)F)CC1)c1ccc(-c2cccc(F)c2C#N)cc1. The van der Waals surface area contributed by atoms with Crippen molar-refractivity contribution in [2.45, 2.75) is 43.9 Å². The van der Waals surface area contributed by atoms with E-state index in [0.29, 0.717) is 16.7 Å². The van der Waals surface area contributed by atoms with E-state index in [9.17, 15) is 32.4 Å². The standard InChI is InChI=1S/C22H19F4N3O2/c1-13(28-20(31)21(9-10-21)29-19(30)11-22(24,25)26)14-5-7-15(8-6-14)16-3-2-4-18(23)17(16)12-27/h2-8,13H,9-11H2,1H3,(H,28,31)(H,29,30)/t13-/m1/s1. The molecule has 0 bridgehead atoms. The molecule has 31 heavy (non-hydrogen) atoms. The van der Waals surface area contributed by atoms with Gasteiger partial charge >= 0.3 is 6.18 Å². The van der Waals surface area contributed by atoms with Crippen molar-refractivity contribution in [3.8, 4) is 17.2 Å². The van der Waals surface area contributed by atoms with Crippen LogP contribution in [0, 0.1) is 17.1 Å². The molecule has 1 fully saturated rings. The normalized spacial score (nSPS) is 15.5. The van der Waals surface area contributed by atoms with Crippen LogP contribution < -0.4 is 10.6 Å². The first-order chi connectivity index (χ1) is 14.5. The van der Waals surface area contributed by atoms with Gasteiger partial charge in [-0.1, -0.05) is 36.4 Å². The minimum absolute atomic E-state index is 0.0677. The van der Waals surface area contributed by atoms with Crippen LogP contribution in [-0.2, 0) is 9.59 Å². The number of hydrogen-bond donors (Lipinski definition) is 2. The summed E-state index contributed by atoms with van der Waals surface area (Å²) in [4.78, 5) is 24.1. The minimum Gasteiger partial charge on any atom is -0.348 e. The van der Waals surface area contributed by atoms with E-state index in [1.165, 1.54) is 12.1 Å². The van der Waals surface area contributed by atoms with E-state index in [2.05, 4.69) is 10.6 Å². The Kier molecular flexibility index (Phi) is 6.02. The highest BCUT2D eigenvalue weighted by Gasteiger charge is 2.52. The minimum atomic E-state index is -4.64. The van der Waals surface area contributed by atoms with Crippen molar-refractivity contribution in [2.75, 3.05) is 0 Å². The van der Waals surface area contributed by atoms with Gasteiger partial charge in [-0.3, -0.25) is 9.59 Å². The van der Waals surface area contributed by atoms with Gasteiger partial charge in [0.1, 0.15) is 23.8 Å². The maximum absolute atomic E-state index is 13.8. The van der Waals surface area contributed by atoms with Crippen molar-refractivity contribution in [3.63, 3.8) is 0 Å². The van der Waals surface area contributed by atoms with Crippen molar-refractivity contribution < 1.29 is 27.2 Å². The van der Waals surface area contributed by atoms with E-state index in [4.69, 9.17) is 0 Å². The number of alkyl halides is 3. The third kappa shape index (κ3) is 5.20. The lowest BCUT2D eigenvalue weighted by molar-refractivity contribution is -0.155. The van der Waals surface area contributed by atoms with Crippen molar-refractivity contribution in [1.29, 1.82) is 5.26 Å². The summed E-state index contributed by atoms with van der Waals surface area (Å²) in [5, 5.41) is 14.1. The fraction of sp³-hybridized carbons (Fsp3) is 0.318. The van der Waals surface area contributed by atoms with Gasteiger partial charge in [0.05, 0.1) is 11.6 Å². The smallest absolute Gasteiger partial charge is 0.348 e. The quantitative estimate of drug-likeness (QED) is 0.672. The summed E-state index contributed by atoms with van der Waals surface area (Å²) in [6, 6.07) is 12.5. The van der Waals surface area contributed by atoms with Crippen LogP contribution in [0.15, 0.2) is 42.5 Å². The van der Waals surface area contributed by atoms with Gasteiger partial charge in [0.15, 0.2) is 0 Å². The number of carbonyl (C=O) groups excluding carboxylic acids is 2. The van der Waals surface area contributed by atoms with Gasteiger partial charge in [-0.25, -0.2) is 4.39 Å². The first kappa shape index (κ1) is 22.3. The predicted octanol–water partition coefficient (Wildman–Crippen LogP) is 4.14. The second-order valence-electron chi connectivity index (χ2n) is 7.51. The van der Waals surface area contributed by atoms with Crippen molar-refractivity contribution >= 4 is 11.8 Å². The summed E-state index contributed by atoms with van der Waals surface area (Å²) in [7, 11) is 0. The molecule has 0 aromatic heterocycles. The molecule has 1 aliphatic rings. The number of carbonyl (C=O) groups is 2. The van der Waals surface area contributed by atoms with E-state index in [0.717, 1.165) is 0 Å². The average molecular weight is 433 g/mol. The summed E-state index contributed by atoms with van der Waals surface area (Å²) in [6.45, 7) is 1.70. The van der Waals surface area contributed by atoms with Crippen LogP contribution in [0.3, 0.4) is 0 Å². The monoisotopic (exact) mass is 433 g/mol. The van der Waals surface area contributed by atoms with Crippen LogP contribution in [0.4, 0.5) is 17.6 Å². The zero-order chi connectivity index (χ0) is 22.8. The lowest BCUT2D eigenvalue weighted by Crippen LogP contribution is -2.50. The van der Waals surface area contributed by atoms with E-state index >= 15 is 0 Å². The maximum atomic E-state index is 13.8. The molecule has 0 saturated heterocycles. The van der Waals surface area contributed by atoms with Gasteiger partial charge in [0.2, 0.25) is 11.8 Å². The fourth-order valence-corrected chi connectivity index (χ4v) is 3.27. The zero-order valence-corrected chi connectivity index (χ0v) is 16.5. The topological polar surface area (TPSA) is 82.0 Å². The number of nitriles is 1. The van der Waals surface area contributed by atoms with Crippen LogP contribution in [0.25, 0.3) is 11.1 Å². The first-order valence-corrected chi connectivity index (χ1v) is 9.52. The van der Waals surface area contributed by atoms with Crippen LogP contribution in [0.1, 0.15) is 43.4 Å². The Morgan fingerprint density at radius 2 is 1.81 bits per heavy atom. The molecule has 162 valence electrons. The Bertz CT molecular complexity index is 1040. The summed E-state index contributed by atoms with van der Waals surface area (Å²) in [6.07, 6.45) is -5.74. The van der Waals surface area contributed by atoms with Crippen LogP contribution >= 0.6 is 0 Å². The van der Waals surface area contributed by atoms with Crippen LogP contribution in [0.2, 0.25) is 0 Å². The average Bonchev–Trinajstić information content (AvgIpc) is 3.47. The predicted molar refractivity (Wildman–Crippen MR) is 104 cm³/mol. The van der Waals surface area contributed by atoms with Gasteiger partial charge in [-0.05, 0) is 37.0 Å². The largest absolute Gasteiger partial charge is 0.397 e.